The van der Waals surface area contributed by atoms with Crippen molar-refractivity contribution in [1.29, 1.82) is 0 Å². The molecule has 2 rings (SSSR count). The van der Waals surface area contributed by atoms with Gasteiger partial charge in [-0.3, -0.25) is 4.79 Å². The number of halogens is 1. The number of methoxy groups -OCH3 is 1. The van der Waals surface area contributed by atoms with E-state index in [9.17, 15) is 24.9 Å². The number of phenols is 2. The molecule has 0 aromatic heterocycles. The summed E-state index contributed by atoms with van der Waals surface area (Å²) in [5.41, 5.74) is -0.325. The number of ether oxygens (including phenoxy) is 2. The molecule has 0 amide bonds. The van der Waals surface area contributed by atoms with E-state index in [-0.39, 0.29) is 29.0 Å². The van der Waals surface area contributed by atoms with Gasteiger partial charge in [-0.05, 0) is 13.0 Å². The summed E-state index contributed by atoms with van der Waals surface area (Å²) in [6.45, 7) is 1.58. The van der Waals surface area contributed by atoms with E-state index in [1.807, 2.05) is 0 Å². The molecule has 1 aliphatic rings. The molecule has 146 valence electrons. The molecule has 0 spiro atoms. The fraction of sp³-hybridized carbons (Fsp3) is 0.368. The number of esters is 1. The second-order valence-electron chi connectivity index (χ2n) is 6.19. The number of cyclic esters (lactones) is 1. The lowest BCUT2D eigenvalue weighted by Gasteiger charge is -2.23. The average Bonchev–Trinajstić information content (AvgIpc) is 2.58. The molecule has 0 aliphatic carbocycles. The number of carbonyl (C=O) groups is 2. The maximum absolute atomic E-state index is 12.6. The van der Waals surface area contributed by atoms with Crippen LogP contribution >= 0.6 is 11.6 Å². The van der Waals surface area contributed by atoms with Crippen molar-refractivity contribution >= 4 is 23.4 Å². The molecule has 27 heavy (non-hydrogen) atoms. The number of benzene rings is 1. The number of ketones is 1. The molecule has 1 aromatic carbocycles. The van der Waals surface area contributed by atoms with E-state index >= 15 is 0 Å². The lowest BCUT2D eigenvalue weighted by Crippen LogP contribution is -2.31. The molecular formula is C19H21ClO7. The van der Waals surface area contributed by atoms with Gasteiger partial charge in [-0.25, -0.2) is 4.79 Å². The zero-order valence-electron chi connectivity index (χ0n) is 14.9. The molecule has 3 atom stereocenters. The summed E-state index contributed by atoms with van der Waals surface area (Å²) in [5.74, 6) is -2.34. The number of phenolic OH excluding ortho intramolecular Hbond substituents is 2. The van der Waals surface area contributed by atoms with Gasteiger partial charge in [0.05, 0.1) is 11.1 Å². The largest absolute Gasteiger partial charge is 0.507 e. The van der Waals surface area contributed by atoms with Crippen LogP contribution in [0.15, 0.2) is 30.4 Å². The van der Waals surface area contributed by atoms with E-state index < -0.39 is 41.6 Å². The van der Waals surface area contributed by atoms with E-state index in [1.165, 1.54) is 19.3 Å². The second kappa shape index (κ2) is 9.03. The smallest absolute Gasteiger partial charge is 0.342 e. The average molecular weight is 397 g/mol. The Morgan fingerprint density at radius 1 is 1.22 bits per heavy atom. The van der Waals surface area contributed by atoms with Gasteiger partial charge in [0, 0.05) is 31.6 Å². The van der Waals surface area contributed by atoms with E-state index in [1.54, 1.807) is 19.1 Å². The molecule has 0 bridgehead atoms. The first-order valence-electron chi connectivity index (χ1n) is 8.27. The standard InChI is InChI=1S/C19H21ClO7/c1-10-7-13(22)16(26-2)6-4-3-5-11(21)8-12-17(19(25)27-10)14(23)9-15(24)18(12)20/h3-6,9-10,13,16,22-24H,7-8H2,1-2H3. The number of allylic oxidation sites excluding steroid dienone is 3. The summed E-state index contributed by atoms with van der Waals surface area (Å²) in [4.78, 5) is 24.8. The third-order valence-electron chi connectivity index (χ3n) is 4.10. The third-order valence-corrected chi connectivity index (χ3v) is 4.53. The quantitative estimate of drug-likeness (QED) is 0.624. The van der Waals surface area contributed by atoms with Crippen LogP contribution in [0.2, 0.25) is 5.02 Å². The number of aromatic hydroxyl groups is 2. The first-order valence-corrected chi connectivity index (χ1v) is 8.65. The van der Waals surface area contributed by atoms with Crippen molar-refractivity contribution in [2.45, 2.75) is 38.1 Å². The molecule has 1 heterocycles. The van der Waals surface area contributed by atoms with Crippen LogP contribution in [0.25, 0.3) is 0 Å². The molecule has 8 heteroatoms. The Balaban J connectivity index is 2.50. The van der Waals surface area contributed by atoms with Gasteiger partial charge in [-0.15, -0.1) is 0 Å². The van der Waals surface area contributed by atoms with Crippen LogP contribution in [0.1, 0.15) is 29.3 Å². The van der Waals surface area contributed by atoms with Gasteiger partial charge in [0.25, 0.3) is 0 Å². The van der Waals surface area contributed by atoms with Gasteiger partial charge in [0.1, 0.15) is 29.3 Å². The van der Waals surface area contributed by atoms with Gasteiger partial charge < -0.3 is 24.8 Å². The predicted molar refractivity (Wildman–Crippen MR) is 98.1 cm³/mol. The normalized spacial score (nSPS) is 24.2. The number of aliphatic hydroxyl groups is 1. The lowest BCUT2D eigenvalue weighted by atomic mass is 9.99. The van der Waals surface area contributed by atoms with Crippen molar-refractivity contribution in [3.63, 3.8) is 0 Å². The highest BCUT2D eigenvalue weighted by atomic mass is 35.5. The zero-order chi connectivity index (χ0) is 20.1. The lowest BCUT2D eigenvalue weighted by molar-refractivity contribution is -0.114. The van der Waals surface area contributed by atoms with E-state index in [0.29, 0.717) is 0 Å². The van der Waals surface area contributed by atoms with Crippen LogP contribution in [-0.4, -0.2) is 52.5 Å². The predicted octanol–water partition coefficient (Wildman–Crippen LogP) is 2.30. The minimum absolute atomic E-state index is 0.0302. The summed E-state index contributed by atoms with van der Waals surface area (Å²) >= 11 is 6.05. The first kappa shape index (κ1) is 21.0. The van der Waals surface area contributed by atoms with Crippen LogP contribution in [0.4, 0.5) is 0 Å². The van der Waals surface area contributed by atoms with Gasteiger partial charge in [-0.1, -0.05) is 29.8 Å². The first-order chi connectivity index (χ1) is 12.7. The van der Waals surface area contributed by atoms with Crippen molar-refractivity contribution in [2.75, 3.05) is 7.11 Å². The Bertz CT molecular complexity index is 785. The molecule has 7 nitrogen and oxygen atoms in total. The summed E-state index contributed by atoms with van der Waals surface area (Å²) < 4.78 is 10.5. The Labute approximate surface area is 161 Å². The number of carbonyl (C=O) groups excluding carboxylic acids is 2. The van der Waals surface area contributed by atoms with Crippen LogP contribution in [0.3, 0.4) is 0 Å². The maximum atomic E-state index is 12.6. The highest BCUT2D eigenvalue weighted by Crippen LogP contribution is 2.37. The third kappa shape index (κ3) is 5.09. The Kier molecular flexibility index (Phi) is 7.01. The Hall–Kier alpha value is -2.35. The van der Waals surface area contributed by atoms with Crippen LogP contribution in [0.5, 0.6) is 11.5 Å². The fourth-order valence-corrected chi connectivity index (χ4v) is 2.99. The summed E-state index contributed by atoms with van der Waals surface area (Å²) in [6.07, 6.45) is 3.28. The SMILES string of the molecule is COC1C=CC=CC(=O)Cc2c(Cl)c(O)cc(O)c2C(=O)OC(C)CC1O. The number of aliphatic hydroxyl groups excluding tert-OH is 1. The highest BCUT2D eigenvalue weighted by molar-refractivity contribution is 6.33. The molecule has 1 aromatic rings. The second-order valence-corrected chi connectivity index (χ2v) is 6.57. The molecule has 0 fully saturated rings. The van der Waals surface area contributed by atoms with Crippen molar-refractivity contribution in [3.05, 3.63) is 46.5 Å². The monoisotopic (exact) mass is 396 g/mol. The van der Waals surface area contributed by atoms with Gasteiger partial charge >= 0.3 is 5.97 Å². The van der Waals surface area contributed by atoms with Crippen molar-refractivity contribution in [1.82, 2.24) is 0 Å². The molecule has 3 unspecified atom stereocenters. The van der Waals surface area contributed by atoms with Gasteiger partial charge in [0.2, 0.25) is 0 Å². The molecule has 0 saturated carbocycles. The van der Waals surface area contributed by atoms with Crippen LogP contribution in [0, 0.1) is 0 Å². The summed E-state index contributed by atoms with van der Waals surface area (Å²) in [6, 6.07) is 0.912. The van der Waals surface area contributed by atoms with E-state index in [0.717, 1.165) is 6.07 Å². The summed E-state index contributed by atoms with van der Waals surface area (Å²) in [7, 11) is 1.43. The fourth-order valence-electron chi connectivity index (χ4n) is 2.78. The van der Waals surface area contributed by atoms with E-state index in [2.05, 4.69) is 0 Å². The number of hydrogen-bond acceptors (Lipinski definition) is 7. The van der Waals surface area contributed by atoms with Crippen LogP contribution < -0.4 is 0 Å². The number of fused-ring (bicyclic) bond motifs is 1. The number of hydrogen-bond donors (Lipinski definition) is 3. The number of rotatable bonds is 1. The molecule has 0 radical (unpaired) electrons. The van der Waals surface area contributed by atoms with Gasteiger partial charge in [-0.2, -0.15) is 0 Å². The molecule has 0 saturated heterocycles. The molecule has 1 aliphatic heterocycles. The highest BCUT2D eigenvalue weighted by Gasteiger charge is 2.27. The topological polar surface area (TPSA) is 113 Å². The minimum Gasteiger partial charge on any atom is -0.507 e. The Morgan fingerprint density at radius 2 is 1.93 bits per heavy atom. The van der Waals surface area contributed by atoms with E-state index in [4.69, 9.17) is 21.1 Å². The molecule has 3 N–H and O–H groups in total. The Morgan fingerprint density at radius 3 is 2.59 bits per heavy atom. The zero-order valence-corrected chi connectivity index (χ0v) is 15.6. The van der Waals surface area contributed by atoms with Crippen molar-refractivity contribution in [3.8, 4) is 11.5 Å². The maximum Gasteiger partial charge on any atom is 0.342 e. The summed E-state index contributed by atoms with van der Waals surface area (Å²) in [5, 5.41) is 30.0. The van der Waals surface area contributed by atoms with Crippen molar-refractivity contribution < 1.29 is 34.4 Å². The molecular weight excluding hydrogens is 376 g/mol. The van der Waals surface area contributed by atoms with Crippen LogP contribution in [-0.2, 0) is 20.7 Å². The van der Waals surface area contributed by atoms with Crippen molar-refractivity contribution in [2.24, 2.45) is 0 Å². The minimum atomic E-state index is -0.961. The van der Waals surface area contributed by atoms with Gasteiger partial charge in [0.15, 0.2) is 5.78 Å².